The minimum atomic E-state index is -1.17. The lowest BCUT2D eigenvalue weighted by Gasteiger charge is -2.00. The predicted octanol–water partition coefficient (Wildman–Crippen LogP) is 3.00. The third-order valence-electron chi connectivity index (χ3n) is 1.67. The van der Waals surface area contributed by atoms with E-state index in [0.29, 0.717) is 0 Å². The number of halogens is 2. The number of nitro benzene ring substituents is 1. The molecule has 0 saturated heterocycles. The zero-order valence-electron chi connectivity index (χ0n) is 7.68. The highest BCUT2D eigenvalue weighted by Crippen LogP contribution is 2.31. The Morgan fingerprint density at radius 3 is 2.50 bits per heavy atom. The summed E-state index contributed by atoms with van der Waals surface area (Å²) in [5.41, 5.74) is -0.101. The second-order valence-corrected chi connectivity index (χ2v) is 3.57. The van der Waals surface area contributed by atoms with Crippen LogP contribution in [0, 0.1) is 10.1 Å². The van der Waals surface area contributed by atoms with Gasteiger partial charge < -0.3 is 5.11 Å². The first kappa shape index (κ1) is 12.5. The highest BCUT2D eigenvalue weighted by atomic mass is 35.5. The van der Waals surface area contributed by atoms with Crippen LogP contribution in [0.4, 0.5) is 5.69 Å². The lowest BCUT2D eigenvalue weighted by Crippen LogP contribution is -1.91. The van der Waals surface area contributed by atoms with Crippen molar-refractivity contribution in [2.75, 3.05) is 0 Å². The van der Waals surface area contributed by atoms with Crippen LogP contribution >= 0.6 is 23.2 Å². The van der Waals surface area contributed by atoms with Gasteiger partial charge in [0.15, 0.2) is 0 Å². The van der Waals surface area contributed by atoms with Gasteiger partial charge in [0.2, 0.25) is 0 Å². The molecule has 0 unspecified atom stereocenters. The second-order valence-electron chi connectivity index (χ2n) is 2.75. The molecule has 0 heterocycles. The third kappa shape index (κ3) is 2.95. The number of benzene rings is 1. The number of hydrogen-bond donors (Lipinski definition) is 1. The molecule has 0 aliphatic heterocycles. The number of rotatable bonds is 3. The second kappa shape index (κ2) is 4.96. The van der Waals surface area contributed by atoms with E-state index in [1.54, 1.807) is 0 Å². The summed E-state index contributed by atoms with van der Waals surface area (Å²) in [5, 5.41) is 19.0. The van der Waals surface area contributed by atoms with Crippen LogP contribution in [0.15, 0.2) is 18.2 Å². The summed E-state index contributed by atoms with van der Waals surface area (Å²) in [6.45, 7) is 0. The lowest BCUT2D eigenvalue weighted by molar-refractivity contribution is -0.384. The van der Waals surface area contributed by atoms with Crippen molar-refractivity contribution in [2.45, 2.75) is 0 Å². The van der Waals surface area contributed by atoms with Crippen LogP contribution in [0.3, 0.4) is 0 Å². The van der Waals surface area contributed by atoms with Crippen molar-refractivity contribution in [3.8, 4) is 0 Å². The summed E-state index contributed by atoms with van der Waals surface area (Å²) in [6.07, 6.45) is 1.99. The zero-order valence-corrected chi connectivity index (χ0v) is 9.20. The Morgan fingerprint density at radius 2 is 2.00 bits per heavy atom. The van der Waals surface area contributed by atoms with Crippen molar-refractivity contribution in [3.63, 3.8) is 0 Å². The number of carbonyl (C=O) groups is 1. The molecule has 1 rings (SSSR count). The summed E-state index contributed by atoms with van der Waals surface area (Å²) in [7, 11) is 0. The average molecular weight is 262 g/mol. The van der Waals surface area contributed by atoms with Crippen molar-refractivity contribution in [2.24, 2.45) is 0 Å². The highest BCUT2D eigenvalue weighted by molar-refractivity contribution is 6.36. The van der Waals surface area contributed by atoms with E-state index < -0.39 is 10.9 Å². The maximum Gasteiger partial charge on any atom is 0.328 e. The molecule has 7 heteroatoms. The van der Waals surface area contributed by atoms with Crippen LogP contribution in [-0.4, -0.2) is 16.0 Å². The predicted molar refractivity (Wildman–Crippen MR) is 59.8 cm³/mol. The number of carboxylic acid groups (broad SMARTS) is 1. The third-order valence-corrected chi connectivity index (χ3v) is 2.30. The van der Waals surface area contributed by atoms with Gasteiger partial charge in [0, 0.05) is 22.7 Å². The molecule has 1 N–H and O–H groups in total. The fourth-order valence-electron chi connectivity index (χ4n) is 0.982. The quantitative estimate of drug-likeness (QED) is 0.515. The average Bonchev–Trinajstić information content (AvgIpc) is 2.15. The molecule has 16 heavy (non-hydrogen) atoms. The summed E-state index contributed by atoms with van der Waals surface area (Å²) >= 11 is 11.3. The minimum absolute atomic E-state index is 0.0949. The van der Waals surface area contributed by atoms with Crippen LogP contribution in [0.25, 0.3) is 6.08 Å². The molecular weight excluding hydrogens is 257 g/mol. The lowest BCUT2D eigenvalue weighted by atomic mass is 10.2. The molecule has 0 amide bonds. The first-order valence-corrected chi connectivity index (χ1v) is 4.72. The summed E-state index contributed by atoms with van der Waals surface area (Å²) in [6, 6.07) is 2.31. The van der Waals surface area contributed by atoms with Gasteiger partial charge in [-0.2, -0.15) is 0 Å². The maximum atomic E-state index is 10.6. The maximum absolute atomic E-state index is 10.6. The van der Waals surface area contributed by atoms with Gasteiger partial charge in [-0.15, -0.1) is 0 Å². The Hall–Kier alpha value is -1.59. The molecule has 0 aliphatic carbocycles. The smallest absolute Gasteiger partial charge is 0.328 e. The Morgan fingerprint density at radius 1 is 1.38 bits per heavy atom. The first-order chi connectivity index (χ1) is 7.41. The molecule has 0 aliphatic rings. The molecule has 1 aromatic carbocycles. The molecule has 0 bridgehead atoms. The monoisotopic (exact) mass is 261 g/mol. The number of nitrogens with zero attached hydrogens (tertiary/aromatic N) is 1. The largest absolute Gasteiger partial charge is 0.478 e. The van der Waals surface area contributed by atoms with Crippen molar-refractivity contribution in [1.29, 1.82) is 0 Å². The first-order valence-electron chi connectivity index (χ1n) is 3.96. The summed E-state index contributed by atoms with van der Waals surface area (Å²) in [5.74, 6) is -1.17. The summed E-state index contributed by atoms with van der Waals surface area (Å²) < 4.78 is 0. The summed E-state index contributed by atoms with van der Waals surface area (Å²) in [4.78, 5) is 20.2. The van der Waals surface area contributed by atoms with Gasteiger partial charge in [-0.25, -0.2) is 4.79 Å². The van der Waals surface area contributed by atoms with Crippen molar-refractivity contribution in [1.82, 2.24) is 0 Å². The van der Waals surface area contributed by atoms with Gasteiger partial charge in [0.05, 0.1) is 4.92 Å². The van der Waals surface area contributed by atoms with E-state index in [1.165, 1.54) is 6.07 Å². The molecule has 1 aromatic rings. The fourth-order valence-corrected chi connectivity index (χ4v) is 1.50. The van der Waals surface area contributed by atoms with Crippen molar-refractivity contribution >= 4 is 40.9 Å². The van der Waals surface area contributed by atoms with E-state index >= 15 is 0 Å². The zero-order chi connectivity index (χ0) is 12.3. The van der Waals surface area contributed by atoms with E-state index in [1.807, 2.05) is 0 Å². The molecule has 0 spiro atoms. The van der Waals surface area contributed by atoms with Crippen molar-refractivity contribution < 1.29 is 14.8 Å². The van der Waals surface area contributed by atoms with Crippen LogP contribution in [0.5, 0.6) is 0 Å². The van der Waals surface area contributed by atoms with E-state index in [9.17, 15) is 14.9 Å². The highest BCUT2D eigenvalue weighted by Gasteiger charge is 2.14. The van der Waals surface area contributed by atoms with Crippen molar-refractivity contribution in [3.05, 3.63) is 43.9 Å². The fraction of sp³-hybridized carbons (Fsp3) is 0. The molecule has 5 nitrogen and oxygen atoms in total. The SMILES string of the molecule is O=C(O)/C=C/c1cc([N+](=O)[O-])c(Cl)cc1Cl. The molecule has 0 aromatic heterocycles. The normalized spacial score (nSPS) is 10.6. The topological polar surface area (TPSA) is 80.4 Å². The van der Waals surface area contributed by atoms with Crippen LogP contribution in [-0.2, 0) is 4.79 Å². The molecule has 0 fully saturated rings. The Balaban J connectivity index is 3.25. The van der Waals surface area contributed by atoms with Gasteiger partial charge in [-0.1, -0.05) is 23.2 Å². The van der Waals surface area contributed by atoms with E-state index in [4.69, 9.17) is 28.3 Å². The van der Waals surface area contributed by atoms with E-state index in [2.05, 4.69) is 0 Å². The van der Waals surface area contributed by atoms with E-state index in [-0.39, 0.29) is 21.3 Å². The molecule has 0 saturated carbocycles. The number of nitro groups is 1. The van der Waals surface area contributed by atoms with Gasteiger partial charge in [0.25, 0.3) is 5.69 Å². The van der Waals surface area contributed by atoms with Gasteiger partial charge in [0.1, 0.15) is 5.02 Å². The molecule has 0 radical (unpaired) electrons. The standard InChI is InChI=1S/C9H5Cl2NO4/c10-6-4-7(11)8(12(15)16)3-5(6)1-2-9(13)14/h1-4H,(H,13,14)/b2-1+. The Kier molecular flexibility index (Phi) is 3.87. The Labute approximate surface area is 100 Å². The number of carboxylic acids is 1. The number of hydrogen-bond acceptors (Lipinski definition) is 3. The molecule has 0 atom stereocenters. The molecular formula is C9H5Cl2NO4. The van der Waals surface area contributed by atoms with Crippen LogP contribution in [0.2, 0.25) is 10.0 Å². The minimum Gasteiger partial charge on any atom is -0.478 e. The van der Waals surface area contributed by atoms with Crippen LogP contribution < -0.4 is 0 Å². The van der Waals surface area contributed by atoms with Gasteiger partial charge in [-0.05, 0) is 12.1 Å². The van der Waals surface area contributed by atoms with E-state index in [0.717, 1.165) is 18.2 Å². The molecule has 84 valence electrons. The van der Waals surface area contributed by atoms with Gasteiger partial charge in [-0.3, -0.25) is 10.1 Å². The van der Waals surface area contributed by atoms with Gasteiger partial charge >= 0.3 is 5.97 Å². The Bertz CT molecular complexity index is 485. The van der Waals surface area contributed by atoms with Crippen LogP contribution in [0.1, 0.15) is 5.56 Å². The number of aliphatic carboxylic acids is 1.